The molecule has 0 bridgehead atoms. The first-order valence-electron chi connectivity index (χ1n) is 3.01. The van der Waals surface area contributed by atoms with Gasteiger partial charge in [0.25, 0.3) is 0 Å². The van der Waals surface area contributed by atoms with Crippen LogP contribution in [0.1, 0.15) is 11.1 Å². The molecule has 0 unspecified atom stereocenters. The highest BCUT2D eigenvalue weighted by molar-refractivity contribution is 9.10. The van der Waals surface area contributed by atoms with Crippen molar-refractivity contribution < 1.29 is 0 Å². The van der Waals surface area contributed by atoms with Crippen LogP contribution in [-0.4, -0.2) is 0 Å². The van der Waals surface area contributed by atoms with Gasteiger partial charge in [-0.15, -0.1) is 0 Å². The Labute approximate surface area is 78.7 Å². The van der Waals surface area contributed by atoms with Gasteiger partial charge in [0.2, 0.25) is 0 Å². The van der Waals surface area contributed by atoms with Crippen molar-refractivity contribution in [2.24, 2.45) is 0 Å². The monoisotopic (exact) mass is 229 g/mol. The minimum atomic E-state index is 0.497. The van der Waals surface area contributed by atoms with Crippen molar-refractivity contribution in [1.29, 1.82) is 5.26 Å². The highest BCUT2D eigenvalue weighted by Gasteiger charge is 2.04. The maximum Gasteiger partial charge on any atom is 0.102 e. The average Bonchev–Trinajstić information content (AvgIpc) is 1.85. The van der Waals surface area contributed by atoms with E-state index in [1.165, 1.54) is 0 Å². The van der Waals surface area contributed by atoms with Crippen LogP contribution in [0.15, 0.2) is 16.6 Å². The first kappa shape index (κ1) is 8.58. The summed E-state index contributed by atoms with van der Waals surface area (Å²) in [6, 6.07) is 5.65. The van der Waals surface area contributed by atoms with Crippen LogP contribution >= 0.6 is 27.5 Å². The number of hydrogen-bond donors (Lipinski definition) is 0. The van der Waals surface area contributed by atoms with Gasteiger partial charge >= 0.3 is 0 Å². The number of aryl methyl sites for hydroxylation is 1. The molecule has 0 spiro atoms. The Morgan fingerprint density at radius 1 is 1.55 bits per heavy atom. The zero-order valence-corrected chi connectivity index (χ0v) is 8.20. The Bertz CT molecular complexity index is 304. The number of nitriles is 1. The minimum absolute atomic E-state index is 0.497. The van der Waals surface area contributed by atoms with E-state index in [2.05, 4.69) is 15.9 Å². The first-order chi connectivity index (χ1) is 5.15. The molecule has 0 saturated heterocycles. The second-order valence-electron chi connectivity index (χ2n) is 2.22. The van der Waals surface area contributed by atoms with Crippen molar-refractivity contribution in [3.05, 3.63) is 32.8 Å². The Kier molecular flexibility index (Phi) is 2.53. The van der Waals surface area contributed by atoms with Gasteiger partial charge in [-0.2, -0.15) is 5.26 Å². The molecule has 1 aromatic rings. The molecule has 0 aliphatic carbocycles. The molecular formula is C8H5BrClN. The van der Waals surface area contributed by atoms with Crippen LogP contribution in [0.5, 0.6) is 0 Å². The maximum absolute atomic E-state index is 8.63. The summed E-state index contributed by atoms with van der Waals surface area (Å²) in [6.07, 6.45) is 0. The summed E-state index contributed by atoms with van der Waals surface area (Å²) in [4.78, 5) is 0. The molecule has 1 aromatic carbocycles. The highest BCUT2D eigenvalue weighted by atomic mass is 79.9. The van der Waals surface area contributed by atoms with E-state index >= 15 is 0 Å². The summed E-state index contributed by atoms with van der Waals surface area (Å²) >= 11 is 9.03. The fraction of sp³-hybridized carbons (Fsp3) is 0.125. The molecule has 56 valence electrons. The second-order valence-corrected chi connectivity index (χ2v) is 3.48. The summed E-state index contributed by atoms with van der Waals surface area (Å²) in [5, 5.41) is 9.13. The summed E-state index contributed by atoms with van der Waals surface area (Å²) < 4.78 is 0.755. The quantitative estimate of drug-likeness (QED) is 0.671. The van der Waals surface area contributed by atoms with Crippen molar-refractivity contribution in [2.45, 2.75) is 6.92 Å². The lowest BCUT2D eigenvalue weighted by atomic mass is 10.2. The summed E-state index contributed by atoms with van der Waals surface area (Å²) in [5.74, 6) is 0. The molecule has 0 amide bonds. The normalized spacial score (nSPS) is 9.27. The number of hydrogen-bond acceptors (Lipinski definition) is 1. The molecule has 0 atom stereocenters. The van der Waals surface area contributed by atoms with Gasteiger partial charge < -0.3 is 0 Å². The minimum Gasteiger partial charge on any atom is -0.192 e. The van der Waals surface area contributed by atoms with E-state index in [4.69, 9.17) is 16.9 Å². The second kappa shape index (κ2) is 3.25. The van der Waals surface area contributed by atoms with Gasteiger partial charge in [0, 0.05) is 4.47 Å². The van der Waals surface area contributed by atoms with Crippen LogP contribution in [0.2, 0.25) is 5.02 Å². The molecule has 0 N–H and O–H groups in total. The smallest absolute Gasteiger partial charge is 0.102 e. The van der Waals surface area contributed by atoms with Crippen molar-refractivity contribution in [3.63, 3.8) is 0 Å². The molecule has 0 heterocycles. The van der Waals surface area contributed by atoms with E-state index in [1.807, 2.05) is 19.1 Å². The summed E-state index contributed by atoms with van der Waals surface area (Å²) in [7, 11) is 0. The third-order valence-corrected chi connectivity index (χ3v) is 2.22. The fourth-order valence-electron chi connectivity index (χ4n) is 0.807. The van der Waals surface area contributed by atoms with Crippen LogP contribution in [0.4, 0.5) is 0 Å². The van der Waals surface area contributed by atoms with E-state index in [-0.39, 0.29) is 0 Å². The van der Waals surface area contributed by atoms with Gasteiger partial charge in [-0.05, 0) is 40.5 Å². The fourth-order valence-corrected chi connectivity index (χ4v) is 1.90. The van der Waals surface area contributed by atoms with Crippen LogP contribution in [0.3, 0.4) is 0 Å². The van der Waals surface area contributed by atoms with Gasteiger partial charge in [-0.25, -0.2) is 0 Å². The Morgan fingerprint density at radius 2 is 2.18 bits per heavy atom. The van der Waals surface area contributed by atoms with Crippen molar-refractivity contribution in [2.75, 3.05) is 0 Å². The first-order valence-corrected chi connectivity index (χ1v) is 4.18. The lowest BCUT2D eigenvalue weighted by Crippen LogP contribution is -1.81. The van der Waals surface area contributed by atoms with Crippen LogP contribution in [0, 0.1) is 18.3 Å². The molecular weight excluding hydrogens is 225 g/mol. The Morgan fingerprint density at radius 3 is 2.64 bits per heavy atom. The third-order valence-electron chi connectivity index (χ3n) is 1.30. The molecule has 1 nitrogen and oxygen atoms in total. The van der Waals surface area contributed by atoms with Crippen molar-refractivity contribution in [1.82, 2.24) is 0 Å². The number of nitrogens with zero attached hydrogens (tertiary/aromatic N) is 1. The molecule has 3 heteroatoms. The lowest BCUT2D eigenvalue weighted by Gasteiger charge is -1.99. The number of benzene rings is 1. The van der Waals surface area contributed by atoms with Gasteiger partial charge in [-0.1, -0.05) is 11.6 Å². The Balaban J connectivity index is 3.40. The number of rotatable bonds is 0. The van der Waals surface area contributed by atoms with Crippen molar-refractivity contribution in [3.8, 4) is 6.07 Å². The van der Waals surface area contributed by atoms with E-state index in [0.717, 1.165) is 10.0 Å². The van der Waals surface area contributed by atoms with Crippen LogP contribution < -0.4 is 0 Å². The summed E-state index contributed by atoms with van der Waals surface area (Å²) in [6.45, 7) is 1.93. The third kappa shape index (κ3) is 1.74. The topological polar surface area (TPSA) is 23.8 Å². The summed E-state index contributed by atoms with van der Waals surface area (Å²) in [5.41, 5.74) is 1.54. The predicted molar refractivity (Wildman–Crippen MR) is 48.6 cm³/mol. The molecule has 0 aromatic heterocycles. The molecule has 0 saturated carbocycles. The van der Waals surface area contributed by atoms with E-state index in [9.17, 15) is 0 Å². The predicted octanol–water partition coefficient (Wildman–Crippen LogP) is 3.28. The molecule has 0 aliphatic rings. The Hall–Kier alpha value is -0.520. The zero-order valence-electron chi connectivity index (χ0n) is 5.86. The van der Waals surface area contributed by atoms with Gasteiger partial charge in [0.15, 0.2) is 0 Å². The maximum atomic E-state index is 8.63. The van der Waals surface area contributed by atoms with E-state index in [1.54, 1.807) is 6.07 Å². The van der Waals surface area contributed by atoms with Gasteiger partial charge in [0.05, 0.1) is 10.6 Å². The van der Waals surface area contributed by atoms with Gasteiger partial charge in [-0.3, -0.25) is 0 Å². The van der Waals surface area contributed by atoms with Gasteiger partial charge in [0.1, 0.15) is 6.07 Å². The average molecular weight is 230 g/mol. The lowest BCUT2D eigenvalue weighted by molar-refractivity contribution is 1.40. The number of halogens is 2. The highest BCUT2D eigenvalue weighted by Crippen LogP contribution is 2.25. The SMILES string of the molecule is Cc1cc(Cl)c(C#N)c(Br)c1. The van der Waals surface area contributed by atoms with Crippen LogP contribution in [0.25, 0.3) is 0 Å². The molecule has 1 rings (SSSR count). The van der Waals surface area contributed by atoms with Crippen molar-refractivity contribution >= 4 is 27.5 Å². The van der Waals surface area contributed by atoms with E-state index in [0.29, 0.717) is 10.6 Å². The molecule has 0 fully saturated rings. The standard InChI is InChI=1S/C8H5BrClN/c1-5-2-7(9)6(4-11)8(10)3-5/h2-3H,1H3. The zero-order chi connectivity index (χ0) is 8.43. The largest absolute Gasteiger partial charge is 0.192 e. The molecule has 0 radical (unpaired) electrons. The van der Waals surface area contributed by atoms with E-state index < -0.39 is 0 Å². The molecule has 11 heavy (non-hydrogen) atoms. The van der Waals surface area contributed by atoms with Crippen LogP contribution in [-0.2, 0) is 0 Å². The molecule has 0 aliphatic heterocycles.